The summed E-state index contributed by atoms with van der Waals surface area (Å²) in [4.78, 5) is 11.9. The molecule has 1 saturated carbocycles. The van der Waals surface area contributed by atoms with E-state index in [-0.39, 0.29) is 18.6 Å². The first-order valence-electron chi connectivity index (χ1n) is 7.05. The van der Waals surface area contributed by atoms with Gasteiger partial charge in [0.15, 0.2) is 11.5 Å². The Morgan fingerprint density at radius 2 is 2.00 bits per heavy atom. The summed E-state index contributed by atoms with van der Waals surface area (Å²) in [6, 6.07) is 5.56. The van der Waals surface area contributed by atoms with Crippen molar-refractivity contribution in [3.63, 3.8) is 0 Å². The molecule has 20 heavy (non-hydrogen) atoms. The largest absolute Gasteiger partial charge is 0.454 e. The van der Waals surface area contributed by atoms with E-state index in [4.69, 9.17) is 9.47 Å². The first-order valence-corrected chi connectivity index (χ1v) is 7.05. The molecule has 1 aromatic rings. The van der Waals surface area contributed by atoms with Gasteiger partial charge in [0.2, 0.25) is 12.7 Å². The van der Waals surface area contributed by atoms with Crippen molar-refractivity contribution >= 4 is 12.1 Å². The van der Waals surface area contributed by atoms with Crippen LogP contribution in [0.5, 0.6) is 11.5 Å². The van der Waals surface area contributed by atoms with Crippen LogP contribution in [-0.2, 0) is 4.79 Å². The van der Waals surface area contributed by atoms with Crippen molar-refractivity contribution < 1.29 is 14.3 Å². The number of nitrogens with one attached hydrogen (secondary N) is 1. The Balaban J connectivity index is 1.56. The van der Waals surface area contributed by atoms with E-state index in [1.165, 1.54) is 6.42 Å². The predicted octanol–water partition coefficient (Wildman–Crippen LogP) is 2.45. The molecular formula is C15H18N2O3. The standard InChI is InChI=1S/C15H18N2O3/c18-15(12-4-2-1-3-5-12)17-16-9-11-6-7-13-14(8-11)20-10-19-13/h6-9,12H,1-5,10H2,(H,17,18). The summed E-state index contributed by atoms with van der Waals surface area (Å²) in [7, 11) is 0. The highest BCUT2D eigenvalue weighted by Gasteiger charge is 2.20. The Bertz CT molecular complexity index is 522. The van der Waals surface area contributed by atoms with Crippen molar-refractivity contribution in [3.8, 4) is 11.5 Å². The van der Waals surface area contributed by atoms with Gasteiger partial charge in [0, 0.05) is 5.92 Å². The molecule has 0 aromatic heterocycles. The maximum Gasteiger partial charge on any atom is 0.243 e. The lowest BCUT2D eigenvalue weighted by Crippen LogP contribution is -2.28. The molecule has 1 aromatic carbocycles. The molecule has 1 aliphatic carbocycles. The van der Waals surface area contributed by atoms with Gasteiger partial charge in [-0.2, -0.15) is 5.10 Å². The number of hydrazone groups is 1. The van der Waals surface area contributed by atoms with E-state index in [0.29, 0.717) is 5.75 Å². The number of nitrogens with zero attached hydrogens (tertiary/aromatic N) is 1. The third-order valence-corrected chi connectivity index (χ3v) is 3.76. The molecule has 5 nitrogen and oxygen atoms in total. The molecule has 0 spiro atoms. The molecule has 1 aliphatic heterocycles. The highest BCUT2D eigenvalue weighted by molar-refractivity contribution is 5.84. The van der Waals surface area contributed by atoms with Gasteiger partial charge in [-0.05, 0) is 36.6 Å². The van der Waals surface area contributed by atoms with Gasteiger partial charge in [0.25, 0.3) is 0 Å². The third kappa shape index (κ3) is 2.92. The molecule has 1 amide bonds. The fraction of sp³-hybridized carbons (Fsp3) is 0.467. The van der Waals surface area contributed by atoms with Gasteiger partial charge in [-0.1, -0.05) is 19.3 Å². The number of ether oxygens (including phenoxy) is 2. The van der Waals surface area contributed by atoms with E-state index in [2.05, 4.69) is 10.5 Å². The van der Waals surface area contributed by atoms with Gasteiger partial charge in [0.1, 0.15) is 0 Å². The van der Waals surface area contributed by atoms with Crippen molar-refractivity contribution in [2.75, 3.05) is 6.79 Å². The summed E-state index contributed by atoms with van der Waals surface area (Å²) in [6.45, 7) is 0.258. The first-order chi connectivity index (χ1) is 9.83. The molecule has 3 rings (SSSR count). The fourth-order valence-corrected chi connectivity index (χ4v) is 2.62. The van der Waals surface area contributed by atoms with Gasteiger partial charge in [-0.25, -0.2) is 5.43 Å². The second kappa shape index (κ2) is 5.94. The van der Waals surface area contributed by atoms with Crippen LogP contribution in [0.15, 0.2) is 23.3 Å². The lowest BCUT2D eigenvalue weighted by Gasteiger charge is -2.19. The van der Waals surface area contributed by atoms with Crippen LogP contribution >= 0.6 is 0 Å². The molecule has 2 aliphatic rings. The molecule has 0 atom stereocenters. The SMILES string of the molecule is O=C(NN=Cc1ccc2c(c1)OCO2)C1CCCCC1. The molecule has 0 bridgehead atoms. The minimum Gasteiger partial charge on any atom is -0.454 e. The van der Waals surface area contributed by atoms with Crippen LogP contribution in [0.4, 0.5) is 0 Å². The Labute approximate surface area is 118 Å². The molecule has 1 fully saturated rings. The lowest BCUT2D eigenvalue weighted by molar-refractivity contribution is -0.125. The van der Waals surface area contributed by atoms with Crippen LogP contribution in [0, 0.1) is 5.92 Å². The molecule has 106 valence electrons. The van der Waals surface area contributed by atoms with E-state index in [9.17, 15) is 4.79 Å². The zero-order chi connectivity index (χ0) is 13.8. The molecule has 0 unspecified atom stereocenters. The number of hydrogen-bond acceptors (Lipinski definition) is 4. The lowest BCUT2D eigenvalue weighted by atomic mass is 9.89. The average Bonchev–Trinajstić information content (AvgIpc) is 2.95. The van der Waals surface area contributed by atoms with Crippen molar-refractivity contribution in [1.29, 1.82) is 0 Å². The maximum atomic E-state index is 11.9. The smallest absolute Gasteiger partial charge is 0.243 e. The third-order valence-electron chi connectivity index (χ3n) is 3.76. The fourth-order valence-electron chi connectivity index (χ4n) is 2.62. The van der Waals surface area contributed by atoms with Crippen LogP contribution in [0.1, 0.15) is 37.7 Å². The normalized spacial score (nSPS) is 18.4. The second-order valence-corrected chi connectivity index (χ2v) is 5.18. The molecule has 1 N–H and O–H groups in total. The molecule has 0 radical (unpaired) electrons. The molecule has 1 heterocycles. The van der Waals surface area contributed by atoms with Gasteiger partial charge in [0.05, 0.1) is 6.21 Å². The van der Waals surface area contributed by atoms with Gasteiger partial charge in [-0.15, -0.1) is 0 Å². The monoisotopic (exact) mass is 274 g/mol. The Morgan fingerprint density at radius 3 is 2.85 bits per heavy atom. The summed E-state index contributed by atoms with van der Waals surface area (Å²) < 4.78 is 10.5. The zero-order valence-electron chi connectivity index (χ0n) is 11.3. The molecular weight excluding hydrogens is 256 g/mol. The predicted molar refractivity (Wildman–Crippen MR) is 74.9 cm³/mol. The summed E-state index contributed by atoms with van der Waals surface area (Å²) in [6.07, 6.45) is 7.11. The summed E-state index contributed by atoms with van der Waals surface area (Å²) in [5.41, 5.74) is 3.50. The van der Waals surface area contributed by atoms with Gasteiger partial charge in [-0.3, -0.25) is 4.79 Å². The van der Waals surface area contributed by atoms with Crippen molar-refractivity contribution in [2.45, 2.75) is 32.1 Å². The highest BCUT2D eigenvalue weighted by atomic mass is 16.7. The highest BCUT2D eigenvalue weighted by Crippen LogP contribution is 2.32. The van der Waals surface area contributed by atoms with Crippen LogP contribution in [-0.4, -0.2) is 18.9 Å². The van der Waals surface area contributed by atoms with E-state index in [1.807, 2.05) is 18.2 Å². The first kappa shape index (κ1) is 13.0. The number of carbonyl (C=O) groups excluding carboxylic acids is 1. The minimum atomic E-state index is 0.0293. The maximum absolute atomic E-state index is 11.9. The number of fused-ring (bicyclic) bond motifs is 1. The Kier molecular flexibility index (Phi) is 3.85. The second-order valence-electron chi connectivity index (χ2n) is 5.18. The average molecular weight is 274 g/mol. The Morgan fingerprint density at radius 1 is 1.20 bits per heavy atom. The number of benzene rings is 1. The van der Waals surface area contributed by atoms with Crippen LogP contribution in [0.3, 0.4) is 0 Å². The Hall–Kier alpha value is -2.04. The van der Waals surface area contributed by atoms with Crippen LogP contribution < -0.4 is 14.9 Å². The zero-order valence-corrected chi connectivity index (χ0v) is 11.3. The topological polar surface area (TPSA) is 59.9 Å². The molecule has 5 heteroatoms. The summed E-state index contributed by atoms with van der Waals surface area (Å²) >= 11 is 0. The quantitative estimate of drug-likeness (QED) is 0.680. The minimum absolute atomic E-state index is 0.0293. The molecule has 0 saturated heterocycles. The van der Waals surface area contributed by atoms with E-state index < -0.39 is 0 Å². The number of rotatable bonds is 3. The number of hydrogen-bond donors (Lipinski definition) is 1. The van der Waals surface area contributed by atoms with Crippen molar-refractivity contribution in [1.82, 2.24) is 5.43 Å². The van der Waals surface area contributed by atoms with Crippen molar-refractivity contribution in [3.05, 3.63) is 23.8 Å². The van der Waals surface area contributed by atoms with Crippen LogP contribution in [0.2, 0.25) is 0 Å². The summed E-state index contributed by atoms with van der Waals surface area (Å²) in [5, 5.41) is 4.02. The van der Waals surface area contributed by atoms with E-state index in [1.54, 1.807) is 6.21 Å². The number of carbonyl (C=O) groups is 1. The van der Waals surface area contributed by atoms with Gasteiger partial charge < -0.3 is 9.47 Å². The van der Waals surface area contributed by atoms with Crippen molar-refractivity contribution in [2.24, 2.45) is 11.0 Å². The summed E-state index contributed by atoms with van der Waals surface area (Å²) in [5.74, 6) is 1.61. The number of amides is 1. The van der Waals surface area contributed by atoms with E-state index >= 15 is 0 Å². The van der Waals surface area contributed by atoms with E-state index in [0.717, 1.165) is 37.0 Å². The van der Waals surface area contributed by atoms with Crippen LogP contribution in [0.25, 0.3) is 0 Å². The van der Waals surface area contributed by atoms with Gasteiger partial charge >= 0.3 is 0 Å².